The van der Waals surface area contributed by atoms with E-state index in [4.69, 9.17) is 50.8 Å². The van der Waals surface area contributed by atoms with Crippen LogP contribution in [0.1, 0.15) is 16.2 Å². The second kappa shape index (κ2) is 10.6. The van der Waals surface area contributed by atoms with E-state index in [1.54, 1.807) is 48.7 Å². The molecule has 34 heavy (non-hydrogen) atoms. The molecule has 0 fully saturated rings. The largest absolute Gasteiger partial charge is 0.457 e. The van der Waals surface area contributed by atoms with Gasteiger partial charge in [0, 0.05) is 29.1 Å². The van der Waals surface area contributed by atoms with Gasteiger partial charge in [0.05, 0.1) is 20.1 Å². The number of benzene rings is 2. The minimum Gasteiger partial charge on any atom is -0.457 e. The summed E-state index contributed by atoms with van der Waals surface area (Å²) in [5.41, 5.74) is 1.43. The monoisotopic (exact) mass is 547 g/mol. The van der Waals surface area contributed by atoms with Crippen molar-refractivity contribution in [3.05, 3.63) is 96.6 Å². The number of carbonyl (C=O) groups excluding carboxylic acids is 1. The smallest absolute Gasteiger partial charge is 0.268 e. The van der Waals surface area contributed by atoms with Crippen LogP contribution in [-0.2, 0) is 11.2 Å². The quantitative estimate of drug-likeness (QED) is 0.195. The van der Waals surface area contributed by atoms with Crippen LogP contribution in [0.3, 0.4) is 0 Å². The molecule has 1 amide bonds. The van der Waals surface area contributed by atoms with E-state index in [-0.39, 0.29) is 5.57 Å². The Kier molecular flexibility index (Phi) is 7.62. The van der Waals surface area contributed by atoms with Gasteiger partial charge in [-0.05, 0) is 42.0 Å². The molecule has 0 aliphatic carbocycles. The zero-order valence-electron chi connectivity index (χ0n) is 17.1. The lowest BCUT2D eigenvalue weighted by atomic mass is 10.1. The average molecular weight is 549 g/mol. The lowest BCUT2D eigenvalue weighted by molar-refractivity contribution is -0.112. The third-order valence-electron chi connectivity index (χ3n) is 4.63. The van der Waals surface area contributed by atoms with Crippen LogP contribution in [0.2, 0.25) is 20.1 Å². The zero-order valence-corrected chi connectivity index (χ0v) is 21.0. The summed E-state index contributed by atoms with van der Waals surface area (Å²) in [7, 11) is 0. The number of rotatable bonds is 6. The molecule has 4 aromatic rings. The first-order chi connectivity index (χ1) is 16.3. The van der Waals surface area contributed by atoms with E-state index in [9.17, 15) is 10.1 Å². The number of nitriles is 1. The van der Waals surface area contributed by atoms with E-state index < -0.39 is 5.91 Å². The van der Waals surface area contributed by atoms with E-state index >= 15 is 0 Å². The Hall–Kier alpha value is -2.79. The van der Waals surface area contributed by atoms with Gasteiger partial charge in [0.2, 0.25) is 0 Å². The van der Waals surface area contributed by atoms with Crippen molar-refractivity contribution in [1.82, 2.24) is 4.98 Å². The summed E-state index contributed by atoms with van der Waals surface area (Å²) in [6.45, 7) is 0. The van der Waals surface area contributed by atoms with Crippen LogP contribution in [0, 0.1) is 11.3 Å². The van der Waals surface area contributed by atoms with Crippen molar-refractivity contribution in [2.45, 2.75) is 6.42 Å². The van der Waals surface area contributed by atoms with Crippen molar-refractivity contribution < 1.29 is 9.21 Å². The van der Waals surface area contributed by atoms with Crippen LogP contribution in [0.4, 0.5) is 5.13 Å². The molecule has 0 bridgehead atoms. The number of nitrogens with one attached hydrogen (secondary N) is 1. The highest BCUT2D eigenvalue weighted by atomic mass is 35.5. The molecule has 5 nitrogen and oxygen atoms in total. The molecular weight excluding hydrogens is 536 g/mol. The Morgan fingerprint density at radius 1 is 1.09 bits per heavy atom. The first-order valence-electron chi connectivity index (χ1n) is 9.70. The summed E-state index contributed by atoms with van der Waals surface area (Å²) in [6, 6.07) is 15.8. The maximum absolute atomic E-state index is 12.6. The molecule has 2 aromatic carbocycles. The van der Waals surface area contributed by atoms with Gasteiger partial charge in [0.15, 0.2) is 5.13 Å². The number of thiazole rings is 1. The molecule has 170 valence electrons. The standard InChI is InChI=1S/C24H13Cl4N3O2S/c25-18-6-4-13(9-20(18)27)8-16-12-30-24(34-16)31-23(32)14(11-29)10-15-5-7-21(33-15)17-2-1-3-19(26)22(17)28/h1-7,9-10,12H,8H2,(H,30,31,32)/b14-10+. The van der Waals surface area contributed by atoms with Crippen LogP contribution in [-0.4, -0.2) is 10.9 Å². The second-order valence-electron chi connectivity index (χ2n) is 6.98. The zero-order chi connectivity index (χ0) is 24.2. The van der Waals surface area contributed by atoms with E-state index in [2.05, 4.69) is 10.3 Å². The molecule has 0 aliphatic rings. The Morgan fingerprint density at radius 3 is 2.68 bits per heavy atom. The van der Waals surface area contributed by atoms with Crippen molar-refractivity contribution in [2.24, 2.45) is 0 Å². The van der Waals surface area contributed by atoms with Crippen molar-refractivity contribution >= 4 is 74.9 Å². The van der Waals surface area contributed by atoms with Crippen LogP contribution in [0.5, 0.6) is 0 Å². The molecule has 0 saturated heterocycles. The van der Waals surface area contributed by atoms with E-state index in [0.717, 1.165) is 10.4 Å². The fraction of sp³-hybridized carbons (Fsp3) is 0.0417. The van der Waals surface area contributed by atoms with Crippen molar-refractivity contribution in [1.29, 1.82) is 5.26 Å². The highest BCUT2D eigenvalue weighted by Gasteiger charge is 2.15. The lowest BCUT2D eigenvalue weighted by Crippen LogP contribution is -2.13. The molecule has 2 aromatic heterocycles. The molecule has 0 unspecified atom stereocenters. The van der Waals surface area contributed by atoms with Gasteiger partial charge in [0.1, 0.15) is 23.2 Å². The van der Waals surface area contributed by atoms with Gasteiger partial charge < -0.3 is 4.42 Å². The molecule has 4 rings (SSSR count). The number of hydrogen-bond donors (Lipinski definition) is 1. The summed E-state index contributed by atoms with van der Waals surface area (Å²) in [6.07, 6.45) is 3.58. The highest BCUT2D eigenvalue weighted by Crippen LogP contribution is 2.34. The topological polar surface area (TPSA) is 78.9 Å². The van der Waals surface area contributed by atoms with Crippen molar-refractivity contribution in [3.8, 4) is 17.4 Å². The van der Waals surface area contributed by atoms with Gasteiger partial charge in [0.25, 0.3) is 5.91 Å². The summed E-state index contributed by atoms with van der Waals surface area (Å²) in [5.74, 6) is 0.178. The minimum atomic E-state index is -0.600. The minimum absolute atomic E-state index is 0.140. The van der Waals surface area contributed by atoms with Crippen molar-refractivity contribution in [3.63, 3.8) is 0 Å². The number of hydrogen-bond acceptors (Lipinski definition) is 5. The SMILES string of the molecule is N#C/C(=C\c1ccc(-c2cccc(Cl)c2Cl)o1)C(=O)Nc1ncc(Cc2ccc(Cl)c(Cl)c2)s1. The lowest BCUT2D eigenvalue weighted by Gasteiger charge is -2.02. The number of anilines is 1. The van der Waals surface area contributed by atoms with Gasteiger partial charge in [-0.3, -0.25) is 10.1 Å². The van der Waals surface area contributed by atoms with Crippen LogP contribution in [0.15, 0.2) is 64.7 Å². The number of carbonyl (C=O) groups is 1. The summed E-state index contributed by atoms with van der Waals surface area (Å²) in [4.78, 5) is 17.8. The van der Waals surface area contributed by atoms with Crippen LogP contribution < -0.4 is 5.32 Å². The number of aromatic nitrogens is 1. The molecule has 0 saturated carbocycles. The maximum atomic E-state index is 12.6. The van der Waals surface area contributed by atoms with Gasteiger partial charge in [-0.25, -0.2) is 4.98 Å². The van der Waals surface area contributed by atoms with Gasteiger partial charge in [-0.15, -0.1) is 11.3 Å². The number of nitrogens with zero attached hydrogens (tertiary/aromatic N) is 2. The van der Waals surface area contributed by atoms with E-state index in [1.165, 1.54) is 17.4 Å². The molecule has 10 heteroatoms. The van der Waals surface area contributed by atoms with Crippen LogP contribution in [0.25, 0.3) is 17.4 Å². The predicted octanol–water partition coefficient (Wildman–Crippen LogP) is 8.15. The van der Waals surface area contributed by atoms with Gasteiger partial charge in [-0.2, -0.15) is 5.26 Å². The third-order valence-corrected chi connectivity index (χ3v) is 7.10. The number of amides is 1. The van der Waals surface area contributed by atoms with Gasteiger partial charge in [-0.1, -0.05) is 58.5 Å². The maximum Gasteiger partial charge on any atom is 0.268 e. The molecule has 0 aliphatic heterocycles. The van der Waals surface area contributed by atoms with E-state index in [0.29, 0.717) is 48.7 Å². The summed E-state index contributed by atoms with van der Waals surface area (Å²) < 4.78 is 5.74. The molecular formula is C24H13Cl4N3O2S. The fourth-order valence-electron chi connectivity index (χ4n) is 3.02. The predicted molar refractivity (Wildman–Crippen MR) is 138 cm³/mol. The number of halogens is 4. The van der Waals surface area contributed by atoms with Gasteiger partial charge >= 0.3 is 0 Å². The first-order valence-corrected chi connectivity index (χ1v) is 12.0. The third kappa shape index (κ3) is 5.64. The Balaban J connectivity index is 1.46. The normalized spacial score (nSPS) is 11.3. The fourth-order valence-corrected chi connectivity index (χ4v) is 4.58. The van der Waals surface area contributed by atoms with E-state index in [1.807, 2.05) is 12.1 Å². The molecule has 0 spiro atoms. The molecule has 0 radical (unpaired) electrons. The Labute approximate surface area is 219 Å². The summed E-state index contributed by atoms with van der Waals surface area (Å²) in [5, 5.41) is 14.2. The average Bonchev–Trinajstić information content (AvgIpc) is 3.46. The molecule has 0 atom stereocenters. The second-order valence-corrected chi connectivity index (χ2v) is 9.70. The Morgan fingerprint density at radius 2 is 1.91 bits per heavy atom. The molecule has 1 N–H and O–H groups in total. The van der Waals surface area contributed by atoms with Crippen molar-refractivity contribution in [2.75, 3.05) is 5.32 Å². The highest BCUT2D eigenvalue weighted by molar-refractivity contribution is 7.15. The number of furan rings is 1. The van der Waals surface area contributed by atoms with Crippen LogP contribution >= 0.6 is 57.7 Å². The first kappa shape index (κ1) is 24.3. The molecule has 2 heterocycles. The Bertz CT molecular complexity index is 1450. The summed E-state index contributed by atoms with van der Waals surface area (Å²) >= 11 is 25.6.